The number of ether oxygens (including phenoxy) is 1. The molecule has 1 aliphatic heterocycles. The van der Waals surface area contributed by atoms with E-state index in [9.17, 15) is 5.11 Å². The van der Waals surface area contributed by atoms with E-state index in [2.05, 4.69) is 18.7 Å². The Hall–Kier alpha value is -0.160. The Morgan fingerprint density at radius 3 is 2.89 bits per heavy atom. The first kappa shape index (κ1) is 15.9. The van der Waals surface area contributed by atoms with Gasteiger partial charge in [-0.2, -0.15) is 0 Å². The Morgan fingerprint density at radius 1 is 1.44 bits per heavy atom. The minimum atomic E-state index is -0.374. The average Bonchev–Trinajstić information content (AvgIpc) is 2.37. The Bertz CT molecular complexity index is 214. The summed E-state index contributed by atoms with van der Waals surface area (Å²) in [6.07, 6.45) is 4.24. The van der Waals surface area contributed by atoms with Crippen LogP contribution in [0.3, 0.4) is 0 Å². The zero-order valence-corrected chi connectivity index (χ0v) is 12.0. The van der Waals surface area contributed by atoms with Gasteiger partial charge in [-0.05, 0) is 38.6 Å². The second kappa shape index (κ2) is 8.86. The Balaban J connectivity index is 2.22. The molecule has 0 aromatic rings. The van der Waals surface area contributed by atoms with Crippen molar-refractivity contribution in [1.82, 2.24) is 4.90 Å². The third-order valence-electron chi connectivity index (χ3n) is 3.84. The lowest BCUT2D eigenvalue weighted by Gasteiger charge is -2.38. The molecule has 0 aromatic carbocycles. The van der Waals surface area contributed by atoms with E-state index in [1.54, 1.807) is 0 Å². The lowest BCUT2D eigenvalue weighted by molar-refractivity contribution is -0.00247. The van der Waals surface area contributed by atoms with Gasteiger partial charge in [0, 0.05) is 25.7 Å². The Labute approximate surface area is 111 Å². The average molecular weight is 258 g/mol. The highest BCUT2D eigenvalue weighted by Gasteiger charge is 2.25. The molecule has 1 fully saturated rings. The van der Waals surface area contributed by atoms with E-state index < -0.39 is 0 Å². The summed E-state index contributed by atoms with van der Waals surface area (Å²) in [7, 11) is 0. The van der Waals surface area contributed by atoms with Gasteiger partial charge in [0.1, 0.15) is 0 Å². The maximum atomic E-state index is 9.98. The molecule has 108 valence electrons. The highest BCUT2D eigenvalue weighted by Crippen LogP contribution is 2.21. The number of unbranched alkanes of at least 4 members (excludes halogenated alkanes) is 1. The van der Waals surface area contributed by atoms with Crippen LogP contribution >= 0.6 is 0 Å². The molecule has 0 aliphatic carbocycles. The molecule has 18 heavy (non-hydrogen) atoms. The number of aliphatic hydroxyl groups excluding tert-OH is 1. The summed E-state index contributed by atoms with van der Waals surface area (Å²) in [5.74, 6) is 0.592. The summed E-state index contributed by atoms with van der Waals surface area (Å²) in [6, 6.07) is 0.554. The molecule has 4 heteroatoms. The predicted octanol–water partition coefficient (Wildman–Crippen LogP) is 1.22. The number of hydrogen-bond donors (Lipinski definition) is 2. The van der Waals surface area contributed by atoms with Crippen LogP contribution in [0.4, 0.5) is 0 Å². The molecule has 1 saturated heterocycles. The first-order chi connectivity index (χ1) is 8.67. The van der Waals surface area contributed by atoms with E-state index in [0.29, 0.717) is 25.1 Å². The van der Waals surface area contributed by atoms with Gasteiger partial charge < -0.3 is 15.6 Å². The minimum absolute atomic E-state index is 0.374. The molecule has 1 rings (SSSR count). The highest BCUT2D eigenvalue weighted by atomic mass is 16.5. The third-order valence-corrected chi connectivity index (χ3v) is 3.84. The number of nitrogens with two attached hydrogens (primary N) is 1. The van der Waals surface area contributed by atoms with Crippen LogP contribution in [0.5, 0.6) is 0 Å². The SMILES string of the molecule is CCCCOCC(O)CN1CC(CN)CCC1C. The molecule has 0 bridgehead atoms. The second-order valence-electron chi connectivity index (χ2n) is 5.56. The van der Waals surface area contributed by atoms with Crippen molar-refractivity contribution in [3.63, 3.8) is 0 Å². The summed E-state index contributed by atoms with van der Waals surface area (Å²) < 4.78 is 5.46. The molecule has 0 saturated carbocycles. The lowest BCUT2D eigenvalue weighted by Crippen LogP contribution is -2.47. The normalized spacial score (nSPS) is 27.3. The van der Waals surface area contributed by atoms with Gasteiger partial charge >= 0.3 is 0 Å². The van der Waals surface area contributed by atoms with Gasteiger partial charge in [0.05, 0.1) is 12.7 Å². The predicted molar refractivity (Wildman–Crippen MR) is 74.5 cm³/mol. The number of rotatable bonds is 8. The molecule has 0 radical (unpaired) electrons. The van der Waals surface area contributed by atoms with Gasteiger partial charge in [0.15, 0.2) is 0 Å². The second-order valence-corrected chi connectivity index (χ2v) is 5.56. The van der Waals surface area contributed by atoms with Crippen molar-refractivity contribution in [2.45, 2.75) is 51.7 Å². The lowest BCUT2D eigenvalue weighted by atomic mass is 9.93. The van der Waals surface area contributed by atoms with E-state index in [1.807, 2.05) is 0 Å². The van der Waals surface area contributed by atoms with E-state index in [-0.39, 0.29) is 6.10 Å². The summed E-state index contributed by atoms with van der Waals surface area (Å²) in [5, 5.41) is 9.98. The van der Waals surface area contributed by atoms with E-state index >= 15 is 0 Å². The van der Waals surface area contributed by atoms with Crippen LogP contribution in [-0.2, 0) is 4.74 Å². The molecule has 1 heterocycles. The van der Waals surface area contributed by atoms with E-state index in [0.717, 1.165) is 32.5 Å². The van der Waals surface area contributed by atoms with Crippen LogP contribution < -0.4 is 5.73 Å². The standard InChI is InChI=1S/C14H30N2O2/c1-3-4-7-18-11-14(17)10-16-9-13(8-15)6-5-12(16)2/h12-14,17H,3-11,15H2,1-2H3. The number of aliphatic hydroxyl groups is 1. The highest BCUT2D eigenvalue weighted by molar-refractivity contribution is 4.80. The van der Waals surface area contributed by atoms with Crippen molar-refractivity contribution >= 4 is 0 Å². The van der Waals surface area contributed by atoms with Gasteiger partial charge in [0.25, 0.3) is 0 Å². The molecular formula is C14H30N2O2. The molecule has 0 amide bonds. The van der Waals surface area contributed by atoms with Crippen molar-refractivity contribution in [2.75, 3.05) is 32.8 Å². The molecule has 4 nitrogen and oxygen atoms in total. The van der Waals surface area contributed by atoms with Crippen molar-refractivity contribution in [3.8, 4) is 0 Å². The first-order valence-corrected chi connectivity index (χ1v) is 7.37. The molecule has 0 aromatic heterocycles. The topological polar surface area (TPSA) is 58.7 Å². The summed E-state index contributed by atoms with van der Waals surface area (Å²) in [6.45, 7) is 8.07. The third kappa shape index (κ3) is 5.65. The molecule has 3 unspecified atom stereocenters. The fourth-order valence-electron chi connectivity index (χ4n) is 2.50. The van der Waals surface area contributed by atoms with Gasteiger partial charge in [-0.25, -0.2) is 0 Å². The number of nitrogens with zero attached hydrogens (tertiary/aromatic N) is 1. The van der Waals surface area contributed by atoms with Crippen LogP contribution in [0, 0.1) is 5.92 Å². The number of β-amino-alcohol motifs (C(OH)–C–C–N with tert-alkyl or cyclic N) is 1. The number of piperidine rings is 1. The largest absolute Gasteiger partial charge is 0.389 e. The maximum absolute atomic E-state index is 9.98. The Morgan fingerprint density at radius 2 is 2.22 bits per heavy atom. The van der Waals surface area contributed by atoms with Crippen LogP contribution in [0.15, 0.2) is 0 Å². The van der Waals surface area contributed by atoms with Crippen LogP contribution in [0.1, 0.15) is 39.5 Å². The van der Waals surface area contributed by atoms with Crippen molar-refractivity contribution < 1.29 is 9.84 Å². The molecule has 3 atom stereocenters. The number of hydrogen-bond acceptors (Lipinski definition) is 4. The molecule has 3 N–H and O–H groups in total. The summed E-state index contributed by atoms with van der Waals surface area (Å²) in [4.78, 5) is 2.36. The van der Waals surface area contributed by atoms with Crippen molar-refractivity contribution in [2.24, 2.45) is 11.7 Å². The monoisotopic (exact) mass is 258 g/mol. The van der Waals surface area contributed by atoms with Gasteiger partial charge in [-0.1, -0.05) is 13.3 Å². The van der Waals surface area contributed by atoms with Crippen LogP contribution in [0.2, 0.25) is 0 Å². The first-order valence-electron chi connectivity index (χ1n) is 7.37. The minimum Gasteiger partial charge on any atom is -0.389 e. The maximum Gasteiger partial charge on any atom is 0.0900 e. The van der Waals surface area contributed by atoms with Crippen LogP contribution in [0.25, 0.3) is 0 Å². The smallest absolute Gasteiger partial charge is 0.0900 e. The van der Waals surface area contributed by atoms with Crippen LogP contribution in [-0.4, -0.2) is 55.0 Å². The molecular weight excluding hydrogens is 228 g/mol. The van der Waals surface area contributed by atoms with Gasteiger partial charge in [-0.3, -0.25) is 4.90 Å². The molecule has 0 spiro atoms. The van der Waals surface area contributed by atoms with Gasteiger partial charge in [0.2, 0.25) is 0 Å². The number of likely N-dealkylation sites (tertiary alicyclic amines) is 1. The van der Waals surface area contributed by atoms with E-state index in [1.165, 1.54) is 12.8 Å². The molecule has 1 aliphatic rings. The zero-order valence-electron chi connectivity index (χ0n) is 12.0. The van der Waals surface area contributed by atoms with Crippen molar-refractivity contribution in [3.05, 3.63) is 0 Å². The van der Waals surface area contributed by atoms with Crippen molar-refractivity contribution in [1.29, 1.82) is 0 Å². The quantitative estimate of drug-likeness (QED) is 0.643. The fraction of sp³-hybridized carbons (Fsp3) is 1.00. The zero-order chi connectivity index (χ0) is 13.4. The fourth-order valence-corrected chi connectivity index (χ4v) is 2.50. The summed E-state index contributed by atoms with van der Waals surface area (Å²) >= 11 is 0. The Kier molecular flexibility index (Phi) is 7.82. The summed E-state index contributed by atoms with van der Waals surface area (Å²) in [5.41, 5.74) is 5.74. The van der Waals surface area contributed by atoms with Gasteiger partial charge in [-0.15, -0.1) is 0 Å². The van der Waals surface area contributed by atoms with E-state index in [4.69, 9.17) is 10.5 Å².